The molecule has 2 amide bonds. The van der Waals surface area contributed by atoms with Gasteiger partial charge >= 0.3 is 0 Å². The first-order valence-electron chi connectivity index (χ1n) is 24.6. The Morgan fingerprint density at radius 1 is 0.569 bits per heavy atom. The van der Waals surface area contributed by atoms with Crippen LogP contribution in [0.3, 0.4) is 0 Å². The van der Waals surface area contributed by atoms with Crippen molar-refractivity contribution < 1.29 is 19.1 Å². The highest BCUT2D eigenvalue weighted by atomic mass is 32.1. The molecule has 5 N–H and O–H groups in total. The van der Waals surface area contributed by atoms with Gasteiger partial charge in [0.15, 0.2) is 0 Å². The molecule has 65 heavy (non-hydrogen) atoms. The second-order valence-electron chi connectivity index (χ2n) is 17.9. The SMILES string of the molecule is CCCCNC(CC)CN1C(=O)C2=C(c3ccc(-c4ccc(OCC(CC)C(N)CCC)cc4)s3)N(CC(N)CC)C(=O)C2=C1c1ccc(-c2ccc(OCC(CC)CCCC)cc2)s1. The highest BCUT2D eigenvalue weighted by molar-refractivity contribution is 7.17. The maximum atomic E-state index is 15.2. The third-order valence-corrected chi connectivity index (χ3v) is 15.5. The summed E-state index contributed by atoms with van der Waals surface area (Å²) in [6.07, 6.45) is 11.4. The largest absolute Gasteiger partial charge is 0.493 e. The first-order chi connectivity index (χ1) is 31.6. The van der Waals surface area contributed by atoms with Crippen molar-refractivity contribution >= 4 is 45.9 Å². The van der Waals surface area contributed by atoms with Crippen LogP contribution < -0.4 is 26.3 Å². The number of carbonyl (C=O) groups excluding carboxylic acids is 2. The summed E-state index contributed by atoms with van der Waals surface area (Å²) in [6.45, 7) is 18.1. The molecule has 0 radical (unpaired) electrons. The molecule has 4 aromatic rings. The highest BCUT2D eigenvalue weighted by Crippen LogP contribution is 2.50. The monoisotopic (exact) mass is 922 g/mol. The number of carbonyl (C=O) groups is 2. The van der Waals surface area contributed by atoms with Gasteiger partial charge in [0.1, 0.15) is 11.5 Å². The van der Waals surface area contributed by atoms with Crippen molar-refractivity contribution in [2.75, 3.05) is 32.8 Å². The zero-order valence-electron chi connectivity index (χ0n) is 40.1. The molecule has 2 aliphatic rings. The Balaban J connectivity index is 1.35. The maximum absolute atomic E-state index is 15.2. The quantitative estimate of drug-likeness (QED) is 0.0485. The molecule has 0 saturated heterocycles. The van der Waals surface area contributed by atoms with E-state index < -0.39 is 0 Å². The van der Waals surface area contributed by atoms with Crippen LogP contribution in [-0.4, -0.2) is 72.6 Å². The van der Waals surface area contributed by atoms with Crippen molar-refractivity contribution in [2.24, 2.45) is 23.3 Å². The Labute approximate surface area is 397 Å². The van der Waals surface area contributed by atoms with Crippen LogP contribution in [0.15, 0.2) is 83.9 Å². The lowest BCUT2D eigenvalue weighted by atomic mass is 9.95. The molecule has 2 aromatic carbocycles. The highest BCUT2D eigenvalue weighted by Gasteiger charge is 2.50. The van der Waals surface area contributed by atoms with E-state index in [1.807, 2.05) is 24.0 Å². The van der Waals surface area contributed by atoms with Crippen LogP contribution in [0.2, 0.25) is 0 Å². The molecule has 2 aliphatic heterocycles. The van der Waals surface area contributed by atoms with Crippen LogP contribution in [0.1, 0.15) is 129 Å². The number of rotatable bonds is 28. The van der Waals surface area contributed by atoms with E-state index in [4.69, 9.17) is 20.9 Å². The summed E-state index contributed by atoms with van der Waals surface area (Å²) >= 11 is 3.21. The predicted molar refractivity (Wildman–Crippen MR) is 273 cm³/mol. The Morgan fingerprint density at radius 2 is 1.09 bits per heavy atom. The number of thiophene rings is 2. The van der Waals surface area contributed by atoms with E-state index in [1.165, 1.54) is 19.3 Å². The standard InChI is InChI=1S/C54H75N5O4S2/c1-8-15-18-36(11-4)34-62-42-23-19-38(20-24-42)46-28-30-48(65-46)52-50-49(54(61)59(52)33-41(14-7)57-31-16-9-2)51(58(53(50)60)32-40(55)13-6)47-29-27-45(64-47)39-21-25-43(26-22-39)63-35-37(12-5)44(56)17-10-3/h19-30,36-37,40-41,44,57H,8-18,31-35,55-56H2,1-7H3. The van der Waals surface area contributed by atoms with Crippen molar-refractivity contribution in [2.45, 2.75) is 137 Å². The van der Waals surface area contributed by atoms with E-state index in [2.05, 4.69) is 108 Å². The van der Waals surface area contributed by atoms with Crippen molar-refractivity contribution in [3.63, 3.8) is 0 Å². The molecule has 5 unspecified atom stereocenters. The molecule has 0 saturated carbocycles. The van der Waals surface area contributed by atoms with E-state index in [0.717, 1.165) is 100 Å². The second kappa shape index (κ2) is 24.5. The van der Waals surface area contributed by atoms with E-state index in [-0.39, 0.29) is 29.9 Å². The van der Waals surface area contributed by atoms with Gasteiger partial charge in [0.2, 0.25) is 0 Å². The number of nitrogens with one attached hydrogen (secondary N) is 1. The van der Waals surface area contributed by atoms with Gasteiger partial charge in [-0.1, -0.05) is 80.6 Å². The van der Waals surface area contributed by atoms with Crippen LogP contribution in [0.5, 0.6) is 11.5 Å². The molecule has 5 atom stereocenters. The predicted octanol–water partition coefficient (Wildman–Crippen LogP) is 12.0. The maximum Gasteiger partial charge on any atom is 0.261 e. The van der Waals surface area contributed by atoms with Crippen molar-refractivity contribution in [1.82, 2.24) is 15.1 Å². The zero-order chi connectivity index (χ0) is 46.5. The van der Waals surface area contributed by atoms with E-state index in [9.17, 15) is 0 Å². The number of nitrogens with zero attached hydrogens (tertiary/aromatic N) is 2. The smallest absolute Gasteiger partial charge is 0.261 e. The number of unbranched alkanes of at least 4 members (excludes halogenated alkanes) is 2. The minimum atomic E-state index is -0.254. The average molecular weight is 922 g/mol. The van der Waals surface area contributed by atoms with Gasteiger partial charge in [-0.05, 0) is 135 Å². The number of hydrogen-bond acceptors (Lipinski definition) is 9. The summed E-state index contributed by atoms with van der Waals surface area (Å²) < 4.78 is 12.5. The molecule has 6 rings (SSSR count). The summed E-state index contributed by atoms with van der Waals surface area (Å²) in [5, 5.41) is 3.71. The number of fused-ring (bicyclic) bond motifs is 1. The molecule has 0 spiro atoms. The number of benzene rings is 2. The lowest BCUT2D eigenvalue weighted by Crippen LogP contribution is -2.42. The van der Waals surface area contributed by atoms with Crippen LogP contribution >= 0.6 is 22.7 Å². The zero-order valence-corrected chi connectivity index (χ0v) is 41.8. The first kappa shape index (κ1) is 50.2. The fourth-order valence-corrected chi connectivity index (χ4v) is 10.9. The van der Waals surface area contributed by atoms with Gasteiger partial charge in [0.25, 0.3) is 11.8 Å². The van der Waals surface area contributed by atoms with Gasteiger partial charge in [-0.2, -0.15) is 0 Å². The number of hydrogen-bond donors (Lipinski definition) is 3. The third-order valence-electron chi connectivity index (χ3n) is 13.2. The Hall–Kier alpha value is -4.26. The topological polar surface area (TPSA) is 123 Å². The van der Waals surface area contributed by atoms with Gasteiger partial charge in [-0.3, -0.25) is 9.59 Å². The van der Waals surface area contributed by atoms with E-state index >= 15 is 9.59 Å². The molecular weight excluding hydrogens is 847 g/mol. The molecule has 2 aromatic heterocycles. The summed E-state index contributed by atoms with van der Waals surface area (Å²) in [5.74, 6) is 2.24. The number of amides is 2. The van der Waals surface area contributed by atoms with E-state index in [0.29, 0.717) is 60.5 Å². The third kappa shape index (κ3) is 12.2. The van der Waals surface area contributed by atoms with E-state index in [1.54, 1.807) is 27.6 Å². The van der Waals surface area contributed by atoms with Gasteiger partial charge in [-0.25, -0.2) is 0 Å². The van der Waals surface area contributed by atoms with Crippen molar-refractivity contribution in [3.05, 3.63) is 93.7 Å². The Morgan fingerprint density at radius 3 is 1.57 bits per heavy atom. The molecule has 0 bridgehead atoms. The van der Waals surface area contributed by atoms with Crippen LogP contribution in [-0.2, 0) is 9.59 Å². The van der Waals surface area contributed by atoms with Gasteiger partial charge in [0, 0.05) is 46.9 Å². The van der Waals surface area contributed by atoms with Crippen LogP contribution in [0.25, 0.3) is 32.3 Å². The lowest BCUT2D eigenvalue weighted by molar-refractivity contribution is -0.124. The summed E-state index contributed by atoms with van der Waals surface area (Å²) in [7, 11) is 0. The molecule has 9 nitrogen and oxygen atoms in total. The molecule has 0 fully saturated rings. The summed E-state index contributed by atoms with van der Waals surface area (Å²) in [4.78, 5) is 37.7. The van der Waals surface area contributed by atoms with Crippen LogP contribution in [0, 0.1) is 11.8 Å². The van der Waals surface area contributed by atoms with Gasteiger partial charge in [-0.15, -0.1) is 22.7 Å². The fraction of sp³-hybridized carbons (Fsp3) is 0.519. The van der Waals surface area contributed by atoms with Crippen molar-refractivity contribution in [3.8, 4) is 32.4 Å². The molecule has 352 valence electrons. The minimum Gasteiger partial charge on any atom is -0.493 e. The van der Waals surface area contributed by atoms with Crippen molar-refractivity contribution in [1.29, 1.82) is 0 Å². The molecule has 0 aliphatic carbocycles. The molecule has 11 heteroatoms. The average Bonchev–Trinajstić information content (AvgIpc) is 4.12. The molecule has 4 heterocycles. The molecular formula is C54H75N5O4S2. The second-order valence-corrected chi connectivity index (χ2v) is 20.1. The fourth-order valence-electron chi connectivity index (χ4n) is 8.76. The van der Waals surface area contributed by atoms with Crippen LogP contribution in [0.4, 0.5) is 0 Å². The minimum absolute atomic E-state index is 0.0613. The number of ether oxygens (including phenoxy) is 2. The van der Waals surface area contributed by atoms with Gasteiger partial charge in [0.05, 0.1) is 45.5 Å². The first-order valence-corrected chi connectivity index (χ1v) is 26.3. The Kier molecular flexibility index (Phi) is 18.9. The number of nitrogens with two attached hydrogens (primary N) is 2. The Bertz CT molecular complexity index is 2210. The lowest BCUT2D eigenvalue weighted by Gasteiger charge is -2.28. The summed E-state index contributed by atoms with van der Waals surface area (Å²) in [5.41, 5.74) is 17.5. The normalized spacial score (nSPS) is 16.4. The summed E-state index contributed by atoms with van der Waals surface area (Å²) in [6, 6.07) is 24.8. The van der Waals surface area contributed by atoms with Gasteiger partial charge < -0.3 is 36.1 Å².